The smallest absolute Gasteiger partial charge is 0.230 e. The van der Waals surface area contributed by atoms with Crippen LogP contribution in [0.5, 0.6) is 0 Å². The van der Waals surface area contributed by atoms with Gasteiger partial charge >= 0.3 is 0 Å². The molecule has 128 valence electrons. The normalized spacial score (nSPS) is 18.0. The van der Waals surface area contributed by atoms with Crippen LogP contribution in [-0.2, 0) is 17.8 Å². The second-order valence-electron chi connectivity index (χ2n) is 5.83. The molecule has 0 bridgehead atoms. The van der Waals surface area contributed by atoms with E-state index < -0.39 is 11.8 Å². The highest BCUT2D eigenvalue weighted by atomic mass is 32.1. The van der Waals surface area contributed by atoms with Crippen molar-refractivity contribution in [3.63, 3.8) is 0 Å². The number of carbonyl (C=O) groups is 1. The summed E-state index contributed by atoms with van der Waals surface area (Å²) in [5, 5.41) is 2.78. The Labute approximate surface area is 142 Å². The van der Waals surface area contributed by atoms with Gasteiger partial charge in [0.2, 0.25) is 11.9 Å². The summed E-state index contributed by atoms with van der Waals surface area (Å²) in [5.41, 5.74) is 0. The fourth-order valence-corrected chi connectivity index (χ4v) is 3.69. The number of hydrogen-bond donors (Lipinski definition) is 1. The molecule has 1 aliphatic heterocycles. The lowest BCUT2D eigenvalue weighted by molar-refractivity contribution is -0.114. The summed E-state index contributed by atoms with van der Waals surface area (Å²) in [5.74, 6) is -0.256. The van der Waals surface area contributed by atoms with Crippen molar-refractivity contribution in [3.05, 3.63) is 34.9 Å². The third kappa shape index (κ3) is 4.30. The van der Waals surface area contributed by atoms with E-state index in [1.165, 1.54) is 19.3 Å². The van der Waals surface area contributed by atoms with Gasteiger partial charge in [-0.15, -0.1) is 0 Å². The monoisotopic (exact) mass is 353 g/mol. The Kier molecular flexibility index (Phi) is 5.10. The molecule has 1 aliphatic rings. The number of nitrogens with zero attached hydrogens (tertiary/aromatic N) is 4. The van der Waals surface area contributed by atoms with Gasteiger partial charge < -0.3 is 5.32 Å². The number of amides is 1. The number of halogens is 2. The molecule has 2 aromatic heterocycles. The van der Waals surface area contributed by atoms with Gasteiger partial charge in [-0.05, 0) is 18.9 Å². The van der Waals surface area contributed by atoms with Gasteiger partial charge in [0, 0.05) is 26.4 Å². The summed E-state index contributed by atoms with van der Waals surface area (Å²) in [6.45, 7) is 3.47. The van der Waals surface area contributed by atoms with Crippen LogP contribution in [0.2, 0.25) is 0 Å². The minimum atomic E-state index is -0.533. The molecule has 1 amide bonds. The summed E-state index contributed by atoms with van der Waals surface area (Å²) >= 11 is 1.16. The topological polar surface area (TPSA) is 71.0 Å². The zero-order valence-corrected chi connectivity index (χ0v) is 13.9. The van der Waals surface area contributed by atoms with Crippen molar-refractivity contribution in [3.8, 4) is 0 Å². The SMILES string of the molecule is CC(=O)Nc1nc(F)c(CN2CCC(Cc3ncc(F)cn3)C2)s1. The molecular formula is C15H17F2N5OS. The Balaban J connectivity index is 1.55. The average Bonchev–Trinajstić information content (AvgIpc) is 3.08. The third-order valence-electron chi connectivity index (χ3n) is 3.81. The Bertz CT molecular complexity index is 721. The van der Waals surface area contributed by atoms with Gasteiger partial charge in [-0.1, -0.05) is 11.3 Å². The average molecular weight is 353 g/mol. The lowest BCUT2D eigenvalue weighted by Crippen LogP contribution is -2.21. The van der Waals surface area contributed by atoms with E-state index in [0.29, 0.717) is 29.6 Å². The Morgan fingerprint density at radius 3 is 2.88 bits per heavy atom. The molecule has 24 heavy (non-hydrogen) atoms. The second kappa shape index (κ2) is 7.27. The van der Waals surface area contributed by atoms with Gasteiger partial charge in [0.05, 0.1) is 17.3 Å². The van der Waals surface area contributed by atoms with Gasteiger partial charge in [0.15, 0.2) is 10.9 Å². The molecule has 0 radical (unpaired) electrons. The highest BCUT2D eigenvalue weighted by Crippen LogP contribution is 2.27. The lowest BCUT2D eigenvalue weighted by Gasteiger charge is -2.14. The zero-order chi connectivity index (χ0) is 17.1. The molecule has 1 fully saturated rings. The molecule has 0 aromatic carbocycles. The Hall–Kier alpha value is -2.00. The van der Waals surface area contributed by atoms with Crippen LogP contribution in [0.1, 0.15) is 24.0 Å². The molecule has 2 aromatic rings. The van der Waals surface area contributed by atoms with Crippen LogP contribution in [0.4, 0.5) is 13.9 Å². The van der Waals surface area contributed by atoms with Crippen LogP contribution in [0.15, 0.2) is 12.4 Å². The number of aromatic nitrogens is 3. The van der Waals surface area contributed by atoms with Gasteiger partial charge in [0.25, 0.3) is 0 Å². The number of carbonyl (C=O) groups excluding carboxylic acids is 1. The number of rotatable bonds is 5. The largest absolute Gasteiger partial charge is 0.302 e. The van der Waals surface area contributed by atoms with E-state index in [1.54, 1.807) is 0 Å². The van der Waals surface area contributed by atoms with E-state index in [-0.39, 0.29) is 11.0 Å². The number of nitrogens with one attached hydrogen (secondary N) is 1. The first-order valence-electron chi connectivity index (χ1n) is 7.61. The molecule has 1 N–H and O–H groups in total. The summed E-state index contributed by atoms with van der Waals surface area (Å²) < 4.78 is 26.7. The molecule has 3 rings (SSSR count). The maximum Gasteiger partial charge on any atom is 0.230 e. The maximum atomic E-state index is 13.9. The first kappa shape index (κ1) is 16.8. The number of hydrogen-bond acceptors (Lipinski definition) is 6. The fourth-order valence-electron chi connectivity index (χ4n) is 2.76. The molecule has 9 heteroatoms. The zero-order valence-electron chi connectivity index (χ0n) is 13.1. The first-order valence-corrected chi connectivity index (χ1v) is 8.43. The minimum absolute atomic E-state index is 0.268. The quantitative estimate of drug-likeness (QED) is 0.893. The van der Waals surface area contributed by atoms with Crippen molar-refractivity contribution in [1.82, 2.24) is 19.9 Å². The molecule has 0 aliphatic carbocycles. The van der Waals surface area contributed by atoms with Gasteiger partial charge in [-0.2, -0.15) is 9.37 Å². The summed E-state index contributed by atoms with van der Waals surface area (Å²) in [6, 6.07) is 0. The van der Waals surface area contributed by atoms with Crippen molar-refractivity contribution in [2.75, 3.05) is 18.4 Å². The molecular weight excluding hydrogens is 336 g/mol. The van der Waals surface area contributed by atoms with Gasteiger partial charge in [-0.3, -0.25) is 9.69 Å². The summed E-state index contributed by atoms with van der Waals surface area (Å²) in [4.78, 5) is 25.3. The third-order valence-corrected chi connectivity index (χ3v) is 4.75. The van der Waals surface area contributed by atoms with Crippen LogP contribution in [-0.4, -0.2) is 38.8 Å². The standard InChI is InChI=1S/C15H17F2N5OS/c1-9(23)20-15-21-14(17)12(24-15)8-22-3-2-10(7-22)4-13-18-5-11(16)6-19-13/h5-6,10H,2-4,7-8H2,1H3,(H,20,21,23). The second-order valence-corrected chi connectivity index (χ2v) is 6.91. The highest BCUT2D eigenvalue weighted by molar-refractivity contribution is 7.15. The van der Waals surface area contributed by atoms with Crippen molar-refractivity contribution < 1.29 is 13.6 Å². The van der Waals surface area contributed by atoms with Crippen molar-refractivity contribution in [1.29, 1.82) is 0 Å². The number of likely N-dealkylation sites (tertiary alicyclic amines) is 1. The van der Waals surface area contributed by atoms with Crippen LogP contribution in [0.25, 0.3) is 0 Å². The van der Waals surface area contributed by atoms with Gasteiger partial charge in [-0.25, -0.2) is 14.4 Å². The Morgan fingerprint density at radius 2 is 2.17 bits per heavy atom. The van der Waals surface area contributed by atoms with Crippen LogP contribution < -0.4 is 5.32 Å². The molecule has 6 nitrogen and oxygen atoms in total. The fraction of sp³-hybridized carbons (Fsp3) is 0.467. The number of anilines is 1. The van der Waals surface area contributed by atoms with Crippen LogP contribution in [0.3, 0.4) is 0 Å². The van der Waals surface area contributed by atoms with E-state index in [2.05, 4.69) is 25.2 Å². The molecule has 3 heterocycles. The number of thiazole rings is 1. The van der Waals surface area contributed by atoms with E-state index in [0.717, 1.165) is 30.8 Å². The van der Waals surface area contributed by atoms with Crippen molar-refractivity contribution >= 4 is 22.4 Å². The van der Waals surface area contributed by atoms with E-state index >= 15 is 0 Å². The van der Waals surface area contributed by atoms with Crippen LogP contribution in [0, 0.1) is 17.7 Å². The lowest BCUT2D eigenvalue weighted by atomic mass is 10.0. The summed E-state index contributed by atoms with van der Waals surface area (Å²) in [6.07, 6.45) is 3.98. The first-order chi connectivity index (χ1) is 11.5. The minimum Gasteiger partial charge on any atom is -0.302 e. The highest BCUT2D eigenvalue weighted by Gasteiger charge is 2.25. The van der Waals surface area contributed by atoms with E-state index in [1.807, 2.05) is 0 Å². The van der Waals surface area contributed by atoms with Crippen LogP contribution >= 0.6 is 11.3 Å². The predicted octanol–water partition coefficient (Wildman–Crippen LogP) is 2.23. The van der Waals surface area contributed by atoms with Crippen molar-refractivity contribution in [2.24, 2.45) is 5.92 Å². The Morgan fingerprint density at radius 1 is 1.42 bits per heavy atom. The molecule has 0 spiro atoms. The predicted molar refractivity (Wildman–Crippen MR) is 85.5 cm³/mol. The molecule has 1 unspecified atom stereocenters. The van der Waals surface area contributed by atoms with Crippen molar-refractivity contribution in [2.45, 2.75) is 26.3 Å². The summed E-state index contributed by atoms with van der Waals surface area (Å²) in [7, 11) is 0. The van der Waals surface area contributed by atoms with E-state index in [4.69, 9.17) is 0 Å². The molecule has 1 saturated heterocycles. The maximum absolute atomic E-state index is 13.9. The molecule has 1 atom stereocenters. The molecule has 0 saturated carbocycles. The van der Waals surface area contributed by atoms with E-state index in [9.17, 15) is 13.6 Å². The van der Waals surface area contributed by atoms with Gasteiger partial charge in [0.1, 0.15) is 5.82 Å².